The molecule has 0 aliphatic carbocycles. The van der Waals surface area contributed by atoms with Crippen LogP contribution in [-0.2, 0) is 0 Å². The van der Waals surface area contributed by atoms with Crippen LogP contribution < -0.4 is 10.2 Å². The maximum Gasteiger partial charge on any atom is 0.137 e. The average Bonchev–Trinajstić information content (AvgIpc) is 2.26. The summed E-state index contributed by atoms with van der Waals surface area (Å²) in [6, 6.07) is 0. The maximum atomic E-state index is 4.50. The van der Waals surface area contributed by atoms with E-state index in [4.69, 9.17) is 0 Å². The summed E-state index contributed by atoms with van der Waals surface area (Å²) >= 11 is 0. The van der Waals surface area contributed by atoms with Gasteiger partial charge in [0.2, 0.25) is 0 Å². The Morgan fingerprint density at radius 3 is 2.37 bits per heavy atom. The zero-order valence-electron chi connectivity index (χ0n) is 13.4. The largest absolute Gasteiger partial charge is 0.370 e. The molecule has 0 spiro atoms. The number of aromatic nitrogens is 2. The third-order valence-corrected chi connectivity index (χ3v) is 2.86. The van der Waals surface area contributed by atoms with Gasteiger partial charge in [0.15, 0.2) is 0 Å². The van der Waals surface area contributed by atoms with Crippen LogP contribution in [0.1, 0.15) is 53.0 Å². The monoisotopic (exact) mass is 264 g/mol. The molecule has 108 valence electrons. The van der Waals surface area contributed by atoms with Crippen LogP contribution in [0.3, 0.4) is 0 Å². The standard InChI is InChI=1S/C15H28N4/c1-8-16-13-12(11(2)3)14(18-10-17-13)19(7)9-15(4,5)6/h10-11H,8-9H2,1-7H3,(H,16,17,18). The number of anilines is 2. The van der Waals surface area contributed by atoms with Crippen LogP contribution in [0.25, 0.3) is 0 Å². The van der Waals surface area contributed by atoms with E-state index in [1.54, 1.807) is 6.33 Å². The molecule has 0 aromatic carbocycles. The van der Waals surface area contributed by atoms with E-state index in [2.05, 4.69) is 68.8 Å². The molecule has 0 bridgehead atoms. The maximum absolute atomic E-state index is 4.50. The Labute approximate surface area is 117 Å². The van der Waals surface area contributed by atoms with Gasteiger partial charge in [-0.1, -0.05) is 34.6 Å². The number of nitrogens with one attached hydrogen (secondary N) is 1. The highest BCUT2D eigenvalue weighted by Crippen LogP contribution is 2.31. The molecule has 1 heterocycles. The van der Waals surface area contributed by atoms with Crippen molar-refractivity contribution in [3.05, 3.63) is 11.9 Å². The van der Waals surface area contributed by atoms with Gasteiger partial charge in [-0.15, -0.1) is 0 Å². The van der Waals surface area contributed by atoms with Crippen LogP contribution in [-0.4, -0.2) is 30.1 Å². The summed E-state index contributed by atoms with van der Waals surface area (Å²) in [5, 5.41) is 3.34. The first-order chi connectivity index (χ1) is 8.76. The molecule has 0 aliphatic rings. The Bertz CT molecular complexity index is 407. The second kappa shape index (κ2) is 6.22. The van der Waals surface area contributed by atoms with Crippen molar-refractivity contribution in [3.63, 3.8) is 0 Å². The Morgan fingerprint density at radius 2 is 1.89 bits per heavy atom. The van der Waals surface area contributed by atoms with Crippen molar-refractivity contribution in [2.75, 3.05) is 30.4 Å². The Kier molecular flexibility index (Phi) is 5.15. The molecule has 0 radical (unpaired) electrons. The van der Waals surface area contributed by atoms with Crippen molar-refractivity contribution in [2.24, 2.45) is 5.41 Å². The molecule has 0 atom stereocenters. The quantitative estimate of drug-likeness (QED) is 0.883. The summed E-state index contributed by atoms with van der Waals surface area (Å²) in [6.07, 6.45) is 1.65. The summed E-state index contributed by atoms with van der Waals surface area (Å²) in [6.45, 7) is 15.0. The molecule has 19 heavy (non-hydrogen) atoms. The van der Waals surface area contributed by atoms with E-state index in [0.717, 1.165) is 24.7 Å². The van der Waals surface area contributed by atoms with E-state index in [-0.39, 0.29) is 5.41 Å². The number of hydrogen-bond acceptors (Lipinski definition) is 4. The van der Waals surface area contributed by atoms with Crippen LogP contribution >= 0.6 is 0 Å². The van der Waals surface area contributed by atoms with Crippen LogP contribution in [0.2, 0.25) is 0 Å². The molecule has 0 amide bonds. The topological polar surface area (TPSA) is 41.1 Å². The molecule has 0 aliphatic heterocycles. The van der Waals surface area contributed by atoms with E-state index in [0.29, 0.717) is 5.92 Å². The van der Waals surface area contributed by atoms with Gasteiger partial charge in [0.1, 0.15) is 18.0 Å². The van der Waals surface area contributed by atoms with E-state index in [1.807, 2.05) is 0 Å². The molecule has 0 saturated carbocycles. The molecule has 0 fully saturated rings. The molecule has 4 heteroatoms. The summed E-state index contributed by atoms with van der Waals surface area (Å²) in [5.41, 5.74) is 1.45. The van der Waals surface area contributed by atoms with Crippen molar-refractivity contribution in [2.45, 2.75) is 47.5 Å². The fraction of sp³-hybridized carbons (Fsp3) is 0.733. The van der Waals surface area contributed by atoms with Gasteiger partial charge in [0.05, 0.1) is 0 Å². The minimum absolute atomic E-state index is 0.242. The molecule has 0 saturated heterocycles. The van der Waals surface area contributed by atoms with Crippen molar-refractivity contribution in [1.29, 1.82) is 0 Å². The second-order valence-electron chi connectivity index (χ2n) is 6.56. The number of rotatable bonds is 5. The normalized spacial score (nSPS) is 11.8. The van der Waals surface area contributed by atoms with E-state index >= 15 is 0 Å². The highest BCUT2D eigenvalue weighted by molar-refractivity contribution is 5.60. The first-order valence-corrected chi connectivity index (χ1v) is 7.06. The van der Waals surface area contributed by atoms with Gasteiger partial charge in [-0.2, -0.15) is 0 Å². The lowest BCUT2D eigenvalue weighted by atomic mass is 9.95. The molecule has 0 unspecified atom stereocenters. The summed E-state index contributed by atoms with van der Waals surface area (Å²) in [7, 11) is 2.11. The highest BCUT2D eigenvalue weighted by atomic mass is 15.2. The average molecular weight is 264 g/mol. The first-order valence-electron chi connectivity index (χ1n) is 7.06. The van der Waals surface area contributed by atoms with Crippen LogP contribution in [0.4, 0.5) is 11.6 Å². The van der Waals surface area contributed by atoms with Crippen LogP contribution in [0, 0.1) is 5.41 Å². The van der Waals surface area contributed by atoms with Gasteiger partial charge in [0.25, 0.3) is 0 Å². The van der Waals surface area contributed by atoms with Crippen molar-refractivity contribution >= 4 is 11.6 Å². The lowest BCUT2D eigenvalue weighted by molar-refractivity contribution is 0.417. The second-order valence-corrected chi connectivity index (χ2v) is 6.56. The Hall–Kier alpha value is -1.32. The van der Waals surface area contributed by atoms with Crippen molar-refractivity contribution < 1.29 is 0 Å². The zero-order chi connectivity index (χ0) is 14.6. The smallest absolute Gasteiger partial charge is 0.137 e. The minimum atomic E-state index is 0.242. The van der Waals surface area contributed by atoms with Crippen LogP contribution in [0.5, 0.6) is 0 Å². The number of hydrogen-bond donors (Lipinski definition) is 1. The summed E-state index contributed by atoms with van der Waals surface area (Å²) < 4.78 is 0. The lowest BCUT2D eigenvalue weighted by Crippen LogP contribution is -2.31. The van der Waals surface area contributed by atoms with Gasteiger partial charge in [-0.3, -0.25) is 0 Å². The lowest BCUT2D eigenvalue weighted by Gasteiger charge is -2.30. The van der Waals surface area contributed by atoms with Crippen molar-refractivity contribution in [3.8, 4) is 0 Å². The van der Waals surface area contributed by atoms with Gasteiger partial charge >= 0.3 is 0 Å². The molecule has 1 N–H and O–H groups in total. The molecule has 1 aromatic heterocycles. The third kappa shape index (κ3) is 4.37. The van der Waals surface area contributed by atoms with Crippen molar-refractivity contribution in [1.82, 2.24) is 9.97 Å². The molecule has 4 nitrogen and oxygen atoms in total. The first kappa shape index (κ1) is 15.7. The van der Waals surface area contributed by atoms with Gasteiger partial charge in [-0.25, -0.2) is 9.97 Å². The number of nitrogens with zero attached hydrogens (tertiary/aromatic N) is 3. The van der Waals surface area contributed by atoms with E-state index < -0.39 is 0 Å². The van der Waals surface area contributed by atoms with Crippen LogP contribution in [0.15, 0.2) is 6.33 Å². The Morgan fingerprint density at radius 1 is 1.26 bits per heavy atom. The van der Waals surface area contributed by atoms with E-state index in [9.17, 15) is 0 Å². The highest BCUT2D eigenvalue weighted by Gasteiger charge is 2.21. The summed E-state index contributed by atoms with van der Waals surface area (Å²) in [5.74, 6) is 2.40. The third-order valence-electron chi connectivity index (χ3n) is 2.86. The summed E-state index contributed by atoms with van der Waals surface area (Å²) in [4.78, 5) is 11.1. The molecular weight excluding hydrogens is 236 g/mol. The fourth-order valence-electron chi connectivity index (χ4n) is 2.32. The zero-order valence-corrected chi connectivity index (χ0v) is 13.4. The van der Waals surface area contributed by atoms with Gasteiger partial charge in [0, 0.05) is 25.7 Å². The fourth-order valence-corrected chi connectivity index (χ4v) is 2.32. The Balaban J connectivity index is 3.15. The predicted octanol–water partition coefficient (Wildman–Crippen LogP) is 3.51. The predicted molar refractivity (Wildman–Crippen MR) is 83.0 cm³/mol. The molecule has 1 aromatic rings. The van der Waals surface area contributed by atoms with Gasteiger partial charge < -0.3 is 10.2 Å². The van der Waals surface area contributed by atoms with Gasteiger partial charge in [-0.05, 0) is 18.3 Å². The van der Waals surface area contributed by atoms with E-state index in [1.165, 1.54) is 5.56 Å². The SMILES string of the molecule is CCNc1ncnc(N(C)CC(C)(C)C)c1C(C)C. The minimum Gasteiger partial charge on any atom is -0.370 e. The molecule has 1 rings (SSSR count). The molecular formula is C15H28N4.